The number of H-pyrrole nitrogens is 1. The van der Waals surface area contributed by atoms with Gasteiger partial charge in [-0.25, -0.2) is 13.2 Å². The molecule has 0 aliphatic carbocycles. The number of nitrogens with zero attached hydrogens (tertiary/aromatic N) is 2. The molecular formula is C19H25N3O6S. The molecule has 1 amide bonds. The molecule has 0 unspecified atom stereocenters. The number of fused-ring (bicyclic) bond motifs is 1. The molecule has 2 rings (SSSR count). The smallest absolute Gasteiger partial charge is 0.339 e. The molecule has 1 atom stereocenters. The van der Waals surface area contributed by atoms with E-state index >= 15 is 0 Å². The molecule has 10 heteroatoms. The van der Waals surface area contributed by atoms with Crippen LogP contribution < -0.4 is 5.56 Å². The minimum atomic E-state index is -3.76. The van der Waals surface area contributed by atoms with Crippen LogP contribution in [0.25, 0.3) is 10.9 Å². The molecule has 29 heavy (non-hydrogen) atoms. The van der Waals surface area contributed by atoms with Gasteiger partial charge in [-0.1, -0.05) is 13.8 Å². The lowest BCUT2D eigenvalue weighted by atomic mass is 10.1. The molecule has 9 nitrogen and oxygen atoms in total. The van der Waals surface area contributed by atoms with E-state index in [-0.39, 0.29) is 21.4 Å². The summed E-state index contributed by atoms with van der Waals surface area (Å²) >= 11 is 0. The Bertz CT molecular complexity index is 1090. The lowest BCUT2D eigenvalue weighted by Crippen LogP contribution is -2.35. The number of amides is 1. The number of hydrogen-bond acceptors (Lipinski definition) is 6. The summed E-state index contributed by atoms with van der Waals surface area (Å²) in [5.41, 5.74) is -0.372. The van der Waals surface area contributed by atoms with Crippen molar-refractivity contribution in [3.8, 4) is 0 Å². The highest BCUT2D eigenvalue weighted by atomic mass is 32.2. The van der Waals surface area contributed by atoms with Gasteiger partial charge in [0, 0.05) is 44.2 Å². The van der Waals surface area contributed by atoms with E-state index in [1.807, 2.05) is 0 Å². The van der Waals surface area contributed by atoms with Gasteiger partial charge in [0.1, 0.15) is 0 Å². The molecule has 0 bridgehead atoms. The number of benzene rings is 1. The molecule has 2 aromatic rings. The Morgan fingerprint density at radius 1 is 1.14 bits per heavy atom. The maximum atomic E-state index is 12.8. The number of likely N-dealkylation sites (N-methyl/N-ethyl adjacent to an activating group) is 1. The minimum absolute atomic E-state index is 0.00721. The van der Waals surface area contributed by atoms with Crippen molar-refractivity contribution in [1.29, 1.82) is 0 Å². The lowest BCUT2D eigenvalue weighted by Gasteiger charge is -2.19. The molecule has 1 aromatic carbocycles. The number of carbonyl (C=O) groups is 2. The van der Waals surface area contributed by atoms with E-state index in [0.717, 1.165) is 6.07 Å². The minimum Gasteiger partial charge on any atom is -0.449 e. The number of sulfonamides is 1. The van der Waals surface area contributed by atoms with Gasteiger partial charge in [0.15, 0.2) is 6.10 Å². The molecular weight excluding hydrogens is 398 g/mol. The first-order valence-electron chi connectivity index (χ1n) is 9.12. The van der Waals surface area contributed by atoms with E-state index < -0.39 is 33.6 Å². The van der Waals surface area contributed by atoms with Crippen LogP contribution in [-0.4, -0.2) is 67.8 Å². The van der Waals surface area contributed by atoms with Crippen molar-refractivity contribution < 1.29 is 22.7 Å². The number of pyridine rings is 1. The topological polar surface area (TPSA) is 117 Å². The molecule has 0 aliphatic rings. The number of aromatic amines is 1. The summed E-state index contributed by atoms with van der Waals surface area (Å²) in [6.07, 6.45) is -1.06. The van der Waals surface area contributed by atoms with Gasteiger partial charge in [-0.3, -0.25) is 9.59 Å². The third kappa shape index (κ3) is 4.65. The van der Waals surface area contributed by atoms with Crippen LogP contribution >= 0.6 is 0 Å². The monoisotopic (exact) mass is 423 g/mol. The second-order valence-corrected chi connectivity index (χ2v) is 8.56. The molecule has 1 N–H and O–H groups in total. The Balaban J connectivity index is 2.57. The van der Waals surface area contributed by atoms with E-state index in [1.54, 1.807) is 13.8 Å². The highest BCUT2D eigenvalue weighted by Crippen LogP contribution is 2.23. The van der Waals surface area contributed by atoms with Gasteiger partial charge in [0.05, 0.1) is 10.5 Å². The first-order valence-corrected chi connectivity index (χ1v) is 10.6. The fourth-order valence-electron chi connectivity index (χ4n) is 2.91. The summed E-state index contributed by atoms with van der Waals surface area (Å²) in [5, 5.41) is 0.215. The normalized spacial score (nSPS) is 12.8. The van der Waals surface area contributed by atoms with Crippen molar-refractivity contribution in [2.75, 3.05) is 27.2 Å². The van der Waals surface area contributed by atoms with Crippen LogP contribution in [0.2, 0.25) is 0 Å². The van der Waals surface area contributed by atoms with Gasteiger partial charge in [-0.05, 0) is 25.1 Å². The number of nitrogens with one attached hydrogen (secondary N) is 1. The molecule has 0 radical (unpaired) electrons. The molecule has 158 valence electrons. The average molecular weight is 423 g/mol. The summed E-state index contributed by atoms with van der Waals surface area (Å²) < 4.78 is 32.1. The third-order valence-electron chi connectivity index (χ3n) is 4.45. The first kappa shape index (κ1) is 22.6. The van der Waals surface area contributed by atoms with E-state index in [2.05, 4.69) is 4.98 Å². The first-order chi connectivity index (χ1) is 13.5. The van der Waals surface area contributed by atoms with Gasteiger partial charge in [-0.2, -0.15) is 4.31 Å². The van der Waals surface area contributed by atoms with Crippen LogP contribution in [-0.2, 0) is 19.6 Å². The van der Waals surface area contributed by atoms with Gasteiger partial charge in [-0.15, -0.1) is 0 Å². The Morgan fingerprint density at radius 3 is 2.31 bits per heavy atom. The standard InChI is InChI=1S/C19H25N3O6S/c1-6-22(7-2)29(26,27)13-8-9-16-14(10-13)15(11-17(23)20-16)19(25)28-12(3)18(24)21(4)5/h8-12H,6-7H2,1-5H3,(H,20,23)/t12-/m1/s1. The predicted molar refractivity (Wildman–Crippen MR) is 108 cm³/mol. The fourth-order valence-corrected chi connectivity index (χ4v) is 4.40. The summed E-state index contributed by atoms with van der Waals surface area (Å²) in [4.78, 5) is 40.4. The number of esters is 1. The molecule has 1 heterocycles. The van der Waals surface area contributed by atoms with Gasteiger partial charge in [0.2, 0.25) is 15.6 Å². The molecule has 0 fully saturated rings. The molecule has 0 spiro atoms. The van der Waals surface area contributed by atoms with Crippen LogP contribution in [0, 0.1) is 0 Å². The molecule has 1 aromatic heterocycles. The Labute approximate surface area is 169 Å². The van der Waals surface area contributed by atoms with Gasteiger partial charge < -0.3 is 14.6 Å². The quantitative estimate of drug-likeness (QED) is 0.669. The van der Waals surface area contributed by atoms with E-state index in [9.17, 15) is 22.8 Å². The van der Waals surface area contributed by atoms with Crippen LogP contribution in [0.1, 0.15) is 31.1 Å². The number of ether oxygens (including phenoxy) is 1. The molecule has 0 aliphatic heterocycles. The summed E-state index contributed by atoms with van der Waals surface area (Å²) in [6.45, 7) is 5.46. The number of aromatic nitrogens is 1. The maximum absolute atomic E-state index is 12.8. The van der Waals surface area contributed by atoms with Crippen LogP contribution in [0.4, 0.5) is 0 Å². The summed E-state index contributed by atoms with van der Waals surface area (Å²) in [7, 11) is -0.710. The van der Waals surface area contributed by atoms with Crippen molar-refractivity contribution in [3.05, 3.63) is 40.2 Å². The van der Waals surface area contributed by atoms with Crippen molar-refractivity contribution in [2.24, 2.45) is 0 Å². The van der Waals surface area contributed by atoms with Crippen LogP contribution in [0.15, 0.2) is 34.0 Å². The summed E-state index contributed by atoms with van der Waals surface area (Å²) in [5.74, 6) is -1.31. The van der Waals surface area contributed by atoms with Gasteiger partial charge in [0.25, 0.3) is 5.91 Å². The van der Waals surface area contributed by atoms with E-state index in [1.165, 1.54) is 48.4 Å². The van der Waals surface area contributed by atoms with Crippen LogP contribution in [0.5, 0.6) is 0 Å². The van der Waals surface area contributed by atoms with Crippen molar-refractivity contribution in [1.82, 2.24) is 14.2 Å². The highest BCUT2D eigenvalue weighted by Gasteiger charge is 2.25. The van der Waals surface area contributed by atoms with E-state index in [0.29, 0.717) is 13.1 Å². The van der Waals surface area contributed by atoms with Crippen molar-refractivity contribution in [3.63, 3.8) is 0 Å². The maximum Gasteiger partial charge on any atom is 0.339 e. The number of carbonyl (C=O) groups excluding carboxylic acids is 2. The van der Waals surface area contributed by atoms with Crippen LogP contribution in [0.3, 0.4) is 0 Å². The van der Waals surface area contributed by atoms with Crippen molar-refractivity contribution >= 4 is 32.8 Å². The van der Waals surface area contributed by atoms with Crippen molar-refractivity contribution in [2.45, 2.75) is 31.8 Å². The third-order valence-corrected chi connectivity index (χ3v) is 6.50. The summed E-state index contributed by atoms with van der Waals surface area (Å²) in [6, 6.07) is 5.16. The predicted octanol–water partition coefficient (Wildman–Crippen LogP) is 1.19. The number of hydrogen-bond donors (Lipinski definition) is 1. The van der Waals surface area contributed by atoms with Gasteiger partial charge >= 0.3 is 5.97 Å². The Morgan fingerprint density at radius 2 is 1.76 bits per heavy atom. The Hall–Kier alpha value is -2.72. The zero-order valence-electron chi connectivity index (χ0n) is 17.1. The molecule has 0 saturated carbocycles. The fraction of sp³-hybridized carbons (Fsp3) is 0.421. The second kappa shape index (κ2) is 8.75. The number of rotatable bonds is 7. The second-order valence-electron chi connectivity index (χ2n) is 6.62. The zero-order chi connectivity index (χ0) is 21.9. The zero-order valence-corrected chi connectivity index (χ0v) is 17.9. The SMILES string of the molecule is CCN(CC)S(=O)(=O)c1ccc2[nH]c(=O)cc(C(=O)O[C@H](C)C(=O)N(C)C)c2c1. The lowest BCUT2D eigenvalue weighted by molar-refractivity contribution is -0.137. The Kier molecular flexibility index (Phi) is 6.81. The van der Waals surface area contributed by atoms with E-state index in [4.69, 9.17) is 4.74 Å². The largest absolute Gasteiger partial charge is 0.449 e. The average Bonchev–Trinajstić information content (AvgIpc) is 2.66. The molecule has 0 saturated heterocycles. The highest BCUT2D eigenvalue weighted by molar-refractivity contribution is 7.89.